The van der Waals surface area contributed by atoms with Crippen LogP contribution in [0.3, 0.4) is 0 Å². The Morgan fingerprint density at radius 1 is 0.852 bits per heavy atom. The van der Waals surface area contributed by atoms with Crippen LogP contribution in [0.2, 0.25) is 0 Å². The summed E-state index contributed by atoms with van der Waals surface area (Å²) in [6.07, 6.45) is 1.92. The predicted molar refractivity (Wildman–Crippen MR) is 108 cm³/mol. The molecule has 1 aromatic heterocycles. The highest BCUT2D eigenvalue weighted by molar-refractivity contribution is 6.22. The van der Waals surface area contributed by atoms with Crippen LogP contribution >= 0.6 is 0 Å². The lowest BCUT2D eigenvalue weighted by Crippen LogP contribution is -2.26. The summed E-state index contributed by atoms with van der Waals surface area (Å²) >= 11 is 0. The first-order chi connectivity index (χ1) is 12.1. The number of nitrogens with zero attached hydrogens (tertiary/aromatic N) is 2. The Labute approximate surface area is 161 Å². The number of rotatable bonds is 0. The van der Waals surface area contributed by atoms with E-state index in [9.17, 15) is 9.90 Å². The van der Waals surface area contributed by atoms with E-state index in [0.29, 0.717) is 33.6 Å². The third-order valence-corrected chi connectivity index (χ3v) is 5.00. The quantitative estimate of drug-likeness (QED) is 0.664. The molecule has 0 saturated heterocycles. The van der Waals surface area contributed by atoms with E-state index in [-0.39, 0.29) is 27.8 Å². The molecule has 0 saturated carbocycles. The standard InChI is InChI=1S/C23H30N2O2/c1-21(2,3)13-10-12-11-14(22(4,5)6)19(27)17-15(12)16(18(13)26)24-20(25-17)23(7,8)9/h10-11,26H,1-9H3/p-1. The molecule has 3 rings (SSSR count). The number of aromatic nitrogens is 2. The van der Waals surface area contributed by atoms with E-state index in [1.807, 2.05) is 74.5 Å². The molecule has 0 spiro atoms. The van der Waals surface area contributed by atoms with Crippen LogP contribution in [0.25, 0.3) is 17.0 Å². The van der Waals surface area contributed by atoms with Crippen molar-refractivity contribution in [2.45, 2.75) is 73.1 Å². The van der Waals surface area contributed by atoms with E-state index in [2.05, 4.69) is 9.97 Å². The first-order valence-corrected chi connectivity index (χ1v) is 9.46. The monoisotopic (exact) mass is 365 g/mol. The Morgan fingerprint density at radius 2 is 1.44 bits per heavy atom. The van der Waals surface area contributed by atoms with E-state index in [1.54, 1.807) is 0 Å². The van der Waals surface area contributed by atoms with Gasteiger partial charge < -0.3 is 5.11 Å². The average Bonchev–Trinajstić information content (AvgIpc) is 2.49. The minimum Gasteiger partial charge on any atom is -0.871 e. The maximum atomic E-state index is 13.3. The van der Waals surface area contributed by atoms with E-state index in [0.717, 1.165) is 5.56 Å². The van der Waals surface area contributed by atoms with Crippen molar-refractivity contribution >= 4 is 22.8 Å². The van der Waals surface area contributed by atoms with Gasteiger partial charge in [-0.3, -0.25) is 4.79 Å². The molecular weight excluding hydrogens is 336 g/mol. The minimum absolute atomic E-state index is 0.101. The average molecular weight is 365 g/mol. The van der Waals surface area contributed by atoms with Gasteiger partial charge in [0.1, 0.15) is 11.5 Å². The zero-order valence-electron chi connectivity index (χ0n) is 17.9. The largest absolute Gasteiger partial charge is 0.871 e. The van der Waals surface area contributed by atoms with Gasteiger partial charge in [-0.25, -0.2) is 9.97 Å². The number of carbonyl (C=O) groups is 1. The van der Waals surface area contributed by atoms with Gasteiger partial charge in [-0.15, -0.1) is 0 Å². The second-order valence-electron chi connectivity index (χ2n) is 10.6. The van der Waals surface area contributed by atoms with Gasteiger partial charge in [0.15, 0.2) is 0 Å². The molecule has 144 valence electrons. The van der Waals surface area contributed by atoms with Gasteiger partial charge in [0, 0.05) is 16.4 Å². The Kier molecular flexibility index (Phi) is 4.08. The first-order valence-electron chi connectivity index (χ1n) is 9.46. The van der Waals surface area contributed by atoms with Crippen molar-refractivity contribution in [3.8, 4) is 5.75 Å². The molecule has 1 aromatic carbocycles. The summed E-state index contributed by atoms with van der Waals surface area (Å²) in [5.74, 6) is 0.328. The molecule has 0 bridgehead atoms. The lowest BCUT2D eigenvalue weighted by molar-refractivity contribution is -0.267. The summed E-state index contributed by atoms with van der Waals surface area (Å²) in [6, 6.07) is 1.92. The molecule has 1 aliphatic carbocycles. The second-order valence-corrected chi connectivity index (χ2v) is 10.6. The summed E-state index contributed by atoms with van der Waals surface area (Å²) in [4.78, 5) is 22.5. The van der Waals surface area contributed by atoms with Gasteiger partial charge in [-0.1, -0.05) is 74.1 Å². The molecule has 0 unspecified atom stereocenters. The fourth-order valence-corrected chi connectivity index (χ4v) is 3.40. The van der Waals surface area contributed by atoms with E-state index < -0.39 is 0 Å². The number of hydrogen-bond donors (Lipinski definition) is 0. The fourth-order valence-electron chi connectivity index (χ4n) is 3.40. The molecule has 0 N–H and O–H groups in total. The number of benzene rings is 1. The van der Waals surface area contributed by atoms with Crippen molar-refractivity contribution in [1.29, 1.82) is 0 Å². The Hall–Kier alpha value is -2.23. The third-order valence-electron chi connectivity index (χ3n) is 5.00. The predicted octanol–water partition coefficient (Wildman–Crippen LogP) is 4.92. The van der Waals surface area contributed by atoms with E-state index in [1.165, 1.54) is 0 Å². The van der Waals surface area contributed by atoms with Gasteiger partial charge >= 0.3 is 0 Å². The van der Waals surface area contributed by atoms with Crippen LogP contribution in [0.4, 0.5) is 0 Å². The smallest absolute Gasteiger partial charge is 0.208 e. The summed E-state index contributed by atoms with van der Waals surface area (Å²) in [5, 5.41) is 13.9. The maximum Gasteiger partial charge on any atom is 0.208 e. The lowest BCUT2D eigenvalue weighted by Gasteiger charge is -2.32. The third kappa shape index (κ3) is 3.15. The van der Waals surface area contributed by atoms with E-state index in [4.69, 9.17) is 0 Å². The topological polar surface area (TPSA) is 65.9 Å². The maximum absolute atomic E-state index is 13.3. The van der Waals surface area contributed by atoms with E-state index >= 15 is 0 Å². The van der Waals surface area contributed by atoms with Crippen LogP contribution < -0.4 is 5.11 Å². The number of allylic oxidation sites excluding steroid dienone is 1. The van der Waals surface area contributed by atoms with Crippen LogP contribution in [0.5, 0.6) is 5.75 Å². The lowest BCUT2D eigenvalue weighted by atomic mass is 9.76. The highest BCUT2D eigenvalue weighted by atomic mass is 16.3. The molecule has 0 amide bonds. The van der Waals surface area contributed by atoms with Gasteiger partial charge in [0.05, 0.1) is 5.52 Å². The molecule has 0 atom stereocenters. The number of hydrogen-bond acceptors (Lipinski definition) is 4. The Bertz CT molecular complexity index is 994. The van der Waals surface area contributed by atoms with Crippen LogP contribution in [0.1, 0.15) is 89.8 Å². The molecule has 4 heteroatoms. The van der Waals surface area contributed by atoms with Gasteiger partial charge in [0.25, 0.3) is 0 Å². The van der Waals surface area contributed by atoms with Crippen LogP contribution in [0, 0.1) is 5.41 Å². The summed E-state index contributed by atoms with van der Waals surface area (Å²) in [6.45, 7) is 18.1. The molecular formula is C23H29N2O2-. The van der Waals surface area contributed by atoms with Crippen molar-refractivity contribution in [3.05, 3.63) is 34.3 Å². The molecule has 2 aromatic rings. The van der Waals surface area contributed by atoms with Crippen LogP contribution in [-0.2, 0) is 10.8 Å². The molecule has 27 heavy (non-hydrogen) atoms. The zero-order valence-corrected chi connectivity index (χ0v) is 17.9. The van der Waals surface area contributed by atoms with Crippen molar-refractivity contribution in [2.24, 2.45) is 5.41 Å². The first kappa shape index (κ1) is 19.5. The van der Waals surface area contributed by atoms with Crippen molar-refractivity contribution in [3.63, 3.8) is 0 Å². The highest BCUT2D eigenvalue weighted by Gasteiger charge is 2.34. The number of Topliss-reactive ketones (excluding diaryl/α,β-unsaturated/α-hetero) is 1. The van der Waals surface area contributed by atoms with Gasteiger partial charge in [-0.05, 0) is 28.0 Å². The van der Waals surface area contributed by atoms with Gasteiger partial charge in [-0.2, -0.15) is 0 Å². The van der Waals surface area contributed by atoms with Crippen molar-refractivity contribution < 1.29 is 9.90 Å². The fraction of sp³-hybridized carbons (Fsp3) is 0.522. The van der Waals surface area contributed by atoms with Crippen molar-refractivity contribution in [2.75, 3.05) is 0 Å². The summed E-state index contributed by atoms with van der Waals surface area (Å²) in [5.41, 5.74) is 2.04. The molecule has 1 heterocycles. The molecule has 1 aliphatic rings. The molecule has 4 nitrogen and oxygen atoms in total. The van der Waals surface area contributed by atoms with Gasteiger partial charge in [0.2, 0.25) is 5.78 Å². The van der Waals surface area contributed by atoms with Crippen molar-refractivity contribution in [1.82, 2.24) is 9.97 Å². The minimum atomic E-state index is -0.363. The SMILES string of the molecule is CC(C)(C)C1=Cc2cc(C(C)(C)C)c([O-])c3nc(C(C)(C)C)nc(c23)C1=O. The normalized spacial score (nSPS) is 15.3. The number of carbonyl (C=O) groups excluding carboxylic acids is 1. The number of ketones is 1. The van der Waals surface area contributed by atoms with Crippen LogP contribution in [-0.4, -0.2) is 15.8 Å². The Morgan fingerprint density at radius 3 is 1.93 bits per heavy atom. The second kappa shape index (κ2) is 5.63. The zero-order chi connectivity index (χ0) is 20.5. The van der Waals surface area contributed by atoms with Crippen LogP contribution in [0.15, 0.2) is 11.6 Å². The Balaban J connectivity index is 2.52. The highest BCUT2D eigenvalue weighted by Crippen LogP contribution is 2.43. The molecule has 0 fully saturated rings. The summed E-state index contributed by atoms with van der Waals surface area (Å²) < 4.78 is 0. The molecule has 0 radical (unpaired) electrons. The summed E-state index contributed by atoms with van der Waals surface area (Å²) in [7, 11) is 0. The molecule has 0 aliphatic heterocycles.